The fourth-order valence-corrected chi connectivity index (χ4v) is 3.08. The number of ether oxygens (including phenoxy) is 2. The van der Waals surface area contributed by atoms with Gasteiger partial charge in [-0.3, -0.25) is 0 Å². The average Bonchev–Trinajstić information content (AvgIpc) is 2.83. The molecule has 3 rings (SSSR count). The molecule has 1 amide bonds. The molecule has 1 aliphatic heterocycles. The van der Waals surface area contributed by atoms with Crippen molar-refractivity contribution >= 4 is 23.7 Å². The van der Waals surface area contributed by atoms with E-state index in [-0.39, 0.29) is 18.5 Å². The quantitative estimate of drug-likeness (QED) is 0.454. The SMILES string of the molecule is CCOC(=NC(=O)OCCCl)N1Cc2ccccc2-c2ccccc2C1. The van der Waals surface area contributed by atoms with Gasteiger partial charge >= 0.3 is 6.09 Å². The summed E-state index contributed by atoms with van der Waals surface area (Å²) in [5.41, 5.74) is 4.68. The Hall–Kier alpha value is -2.53. The normalized spacial score (nSPS) is 13.5. The van der Waals surface area contributed by atoms with Crippen LogP contribution in [0.1, 0.15) is 18.1 Å². The zero-order valence-electron chi connectivity index (χ0n) is 14.7. The number of halogens is 1. The van der Waals surface area contributed by atoms with E-state index in [1.807, 2.05) is 36.1 Å². The van der Waals surface area contributed by atoms with Crippen LogP contribution < -0.4 is 0 Å². The van der Waals surface area contributed by atoms with E-state index in [2.05, 4.69) is 29.3 Å². The highest BCUT2D eigenvalue weighted by molar-refractivity contribution is 6.18. The van der Waals surface area contributed by atoms with Crippen molar-refractivity contribution in [3.8, 4) is 11.1 Å². The second kappa shape index (κ2) is 8.72. The fourth-order valence-electron chi connectivity index (χ4n) is 3.00. The molecule has 0 radical (unpaired) electrons. The zero-order chi connectivity index (χ0) is 18.4. The van der Waals surface area contributed by atoms with Gasteiger partial charge in [0, 0.05) is 13.1 Å². The van der Waals surface area contributed by atoms with Crippen molar-refractivity contribution in [2.45, 2.75) is 20.0 Å². The first-order chi connectivity index (χ1) is 12.7. The van der Waals surface area contributed by atoms with Gasteiger partial charge in [-0.2, -0.15) is 0 Å². The van der Waals surface area contributed by atoms with E-state index in [0.717, 1.165) is 11.1 Å². The van der Waals surface area contributed by atoms with E-state index < -0.39 is 6.09 Å². The van der Waals surface area contributed by atoms with Crippen molar-refractivity contribution in [1.29, 1.82) is 0 Å². The van der Waals surface area contributed by atoms with Crippen LogP contribution in [-0.2, 0) is 22.6 Å². The summed E-state index contributed by atoms with van der Waals surface area (Å²) in [6, 6.07) is 16.7. The highest BCUT2D eigenvalue weighted by atomic mass is 35.5. The number of carbonyl (C=O) groups excluding carboxylic acids is 1. The van der Waals surface area contributed by atoms with Crippen LogP contribution in [-0.4, -0.2) is 36.1 Å². The van der Waals surface area contributed by atoms with Crippen molar-refractivity contribution in [3.63, 3.8) is 0 Å². The number of amides is 1. The lowest BCUT2D eigenvalue weighted by atomic mass is 9.97. The van der Waals surface area contributed by atoms with Crippen LogP contribution >= 0.6 is 11.6 Å². The van der Waals surface area contributed by atoms with Gasteiger partial charge in [-0.05, 0) is 29.2 Å². The predicted molar refractivity (Wildman–Crippen MR) is 102 cm³/mol. The summed E-state index contributed by atoms with van der Waals surface area (Å²) < 4.78 is 10.6. The fraction of sp³-hybridized carbons (Fsp3) is 0.300. The van der Waals surface area contributed by atoms with Gasteiger partial charge in [0.2, 0.25) is 0 Å². The first-order valence-corrected chi connectivity index (χ1v) is 9.11. The molecule has 0 saturated carbocycles. The van der Waals surface area contributed by atoms with Crippen molar-refractivity contribution < 1.29 is 14.3 Å². The molecule has 2 aromatic carbocycles. The summed E-state index contributed by atoms with van der Waals surface area (Å²) in [5, 5.41) is 0. The molecule has 6 heteroatoms. The number of fused-ring (bicyclic) bond motifs is 3. The lowest BCUT2D eigenvalue weighted by Crippen LogP contribution is -2.32. The number of amidine groups is 1. The topological polar surface area (TPSA) is 51.1 Å². The number of carbonyl (C=O) groups is 1. The Balaban J connectivity index is 1.97. The predicted octanol–water partition coefficient (Wildman–Crippen LogP) is 4.44. The Labute approximate surface area is 158 Å². The maximum absolute atomic E-state index is 11.9. The number of alkyl halides is 1. The molecule has 2 aromatic rings. The number of benzene rings is 2. The molecule has 26 heavy (non-hydrogen) atoms. The lowest BCUT2D eigenvalue weighted by molar-refractivity contribution is 0.160. The van der Waals surface area contributed by atoms with Crippen LogP contribution in [0.15, 0.2) is 53.5 Å². The van der Waals surface area contributed by atoms with Crippen LogP contribution in [0.5, 0.6) is 0 Å². The highest BCUT2D eigenvalue weighted by Gasteiger charge is 2.23. The molecule has 0 fully saturated rings. The van der Waals surface area contributed by atoms with Crippen LogP contribution in [0.25, 0.3) is 11.1 Å². The summed E-state index contributed by atoms with van der Waals surface area (Å²) in [4.78, 5) is 17.9. The van der Waals surface area contributed by atoms with Crippen molar-refractivity contribution in [1.82, 2.24) is 4.90 Å². The molecular weight excluding hydrogens is 352 g/mol. The molecule has 5 nitrogen and oxygen atoms in total. The Morgan fingerprint density at radius 1 is 1.04 bits per heavy atom. The zero-order valence-corrected chi connectivity index (χ0v) is 15.4. The van der Waals surface area contributed by atoms with E-state index in [1.165, 1.54) is 11.1 Å². The Bertz CT molecular complexity index is 760. The monoisotopic (exact) mass is 372 g/mol. The Morgan fingerprint density at radius 2 is 1.62 bits per heavy atom. The molecule has 0 spiro atoms. The number of rotatable bonds is 3. The molecule has 0 saturated heterocycles. The van der Waals surface area contributed by atoms with Gasteiger partial charge in [-0.15, -0.1) is 16.6 Å². The van der Waals surface area contributed by atoms with E-state index >= 15 is 0 Å². The van der Waals surface area contributed by atoms with Crippen molar-refractivity contribution in [3.05, 3.63) is 59.7 Å². The number of aliphatic imine (C=N–C) groups is 1. The van der Waals surface area contributed by atoms with E-state index in [4.69, 9.17) is 21.1 Å². The summed E-state index contributed by atoms with van der Waals surface area (Å²) >= 11 is 5.56. The third-order valence-corrected chi connectivity index (χ3v) is 4.24. The van der Waals surface area contributed by atoms with Gasteiger partial charge in [-0.1, -0.05) is 48.5 Å². The van der Waals surface area contributed by atoms with Crippen molar-refractivity contribution in [2.24, 2.45) is 4.99 Å². The number of hydrogen-bond donors (Lipinski definition) is 0. The second-order valence-corrected chi connectivity index (χ2v) is 6.18. The van der Waals surface area contributed by atoms with Gasteiger partial charge in [0.05, 0.1) is 12.5 Å². The van der Waals surface area contributed by atoms with Gasteiger partial charge < -0.3 is 14.4 Å². The molecule has 0 atom stereocenters. The summed E-state index contributed by atoms with van der Waals surface area (Å²) in [7, 11) is 0. The Morgan fingerprint density at radius 3 is 2.15 bits per heavy atom. The second-order valence-electron chi connectivity index (χ2n) is 5.80. The van der Waals surface area contributed by atoms with Crippen LogP contribution in [0.3, 0.4) is 0 Å². The first-order valence-electron chi connectivity index (χ1n) is 8.58. The van der Waals surface area contributed by atoms with Gasteiger partial charge in [0.1, 0.15) is 6.61 Å². The lowest BCUT2D eigenvalue weighted by Gasteiger charge is -2.24. The molecule has 0 aromatic heterocycles. The van der Waals surface area contributed by atoms with Crippen LogP contribution in [0, 0.1) is 0 Å². The van der Waals surface area contributed by atoms with Gasteiger partial charge in [0.25, 0.3) is 6.02 Å². The number of hydrogen-bond acceptors (Lipinski definition) is 3. The minimum Gasteiger partial charge on any atom is -0.465 e. The molecule has 0 unspecified atom stereocenters. The maximum atomic E-state index is 11.9. The molecule has 0 N–H and O–H groups in total. The average molecular weight is 373 g/mol. The molecule has 0 aliphatic carbocycles. The molecular formula is C20H21ClN2O3. The van der Waals surface area contributed by atoms with Crippen LogP contribution in [0.4, 0.5) is 4.79 Å². The summed E-state index contributed by atoms with van der Waals surface area (Å²) in [5.74, 6) is 0.232. The third kappa shape index (κ3) is 4.17. The van der Waals surface area contributed by atoms with Gasteiger partial charge in [-0.25, -0.2) is 4.79 Å². The Kier molecular flexibility index (Phi) is 6.12. The first kappa shape index (κ1) is 18.3. The standard InChI is InChI=1S/C20H21ClN2O3/c1-2-25-19(22-20(24)26-12-11-21)23-13-15-7-3-5-9-17(15)18-10-6-4-8-16(18)14-23/h3-10H,2,11-14H2,1H3. The van der Waals surface area contributed by atoms with E-state index in [1.54, 1.807) is 0 Å². The molecule has 1 heterocycles. The van der Waals surface area contributed by atoms with Gasteiger partial charge in [0.15, 0.2) is 0 Å². The minimum absolute atomic E-state index is 0.120. The molecule has 136 valence electrons. The van der Waals surface area contributed by atoms with Crippen LogP contribution in [0.2, 0.25) is 0 Å². The minimum atomic E-state index is -0.695. The van der Waals surface area contributed by atoms with Crippen molar-refractivity contribution in [2.75, 3.05) is 19.1 Å². The molecule has 0 bridgehead atoms. The van der Waals surface area contributed by atoms with E-state index in [0.29, 0.717) is 19.7 Å². The highest BCUT2D eigenvalue weighted by Crippen LogP contribution is 2.32. The number of nitrogens with zero attached hydrogens (tertiary/aromatic N) is 2. The summed E-state index contributed by atoms with van der Waals surface area (Å²) in [6.45, 7) is 3.56. The molecule has 1 aliphatic rings. The largest absolute Gasteiger partial charge is 0.465 e. The summed E-state index contributed by atoms with van der Waals surface area (Å²) in [6.07, 6.45) is -0.695. The third-order valence-electron chi connectivity index (χ3n) is 4.08. The maximum Gasteiger partial charge on any atom is 0.438 e. The smallest absolute Gasteiger partial charge is 0.438 e. The van der Waals surface area contributed by atoms with E-state index in [9.17, 15) is 4.79 Å².